The number of aliphatic hydroxyl groups excluding tert-OH is 1. The van der Waals surface area contributed by atoms with Crippen LogP contribution in [0.5, 0.6) is 0 Å². The molecule has 1 heteroatoms. The quantitative estimate of drug-likeness (QED) is 0.626. The fourth-order valence-electron chi connectivity index (χ4n) is 1.58. The molecule has 0 fully saturated rings. The van der Waals surface area contributed by atoms with Crippen LogP contribution in [0.4, 0.5) is 0 Å². The Bertz CT molecular complexity index is 145. The van der Waals surface area contributed by atoms with Gasteiger partial charge < -0.3 is 5.11 Å². The van der Waals surface area contributed by atoms with Crippen LogP contribution in [0, 0.1) is 5.92 Å². The SMILES string of the molecule is CC/C=C(\C)C(O)CC(CC)CC. The lowest BCUT2D eigenvalue weighted by Gasteiger charge is -2.17. The maximum atomic E-state index is 9.81. The van der Waals surface area contributed by atoms with E-state index in [0.717, 1.165) is 18.4 Å². The van der Waals surface area contributed by atoms with Gasteiger partial charge in [0.15, 0.2) is 0 Å². The summed E-state index contributed by atoms with van der Waals surface area (Å²) < 4.78 is 0. The van der Waals surface area contributed by atoms with Crippen LogP contribution in [-0.4, -0.2) is 11.2 Å². The van der Waals surface area contributed by atoms with Crippen molar-refractivity contribution in [1.82, 2.24) is 0 Å². The van der Waals surface area contributed by atoms with E-state index in [9.17, 15) is 5.11 Å². The lowest BCUT2D eigenvalue weighted by atomic mass is 9.93. The minimum absolute atomic E-state index is 0.218. The maximum absolute atomic E-state index is 9.81. The lowest BCUT2D eigenvalue weighted by molar-refractivity contribution is 0.172. The summed E-state index contributed by atoms with van der Waals surface area (Å²) in [6.07, 6.45) is 6.19. The van der Waals surface area contributed by atoms with Gasteiger partial charge in [-0.25, -0.2) is 0 Å². The van der Waals surface area contributed by atoms with E-state index in [4.69, 9.17) is 0 Å². The van der Waals surface area contributed by atoms with Gasteiger partial charge in [0, 0.05) is 0 Å². The highest BCUT2D eigenvalue weighted by Crippen LogP contribution is 2.18. The third-order valence-electron chi connectivity index (χ3n) is 2.76. The summed E-state index contributed by atoms with van der Waals surface area (Å²) in [4.78, 5) is 0. The van der Waals surface area contributed by atoms with Gasteiger partial charge in [-0.3, -0.25) is 0 Å². The number of allylic oxidation sites excluding steroid dienone is 1. The molecule has 78 valence electrons. The molecule has 0 aromatic rings. The molecule has 1 atom stereocenters. The van der Waals surface area contributed by atoms with E-state index in [1.165, 1.54) is 12.8 Å². The normalized spacial score (nSPS) is 15.1. The van der Waals surface area contributed by atoms with Crippen LogP contribution in [0.3, 0.4) is 0 Å². The van der Waals surface area contributed by atoms with Crippen molar-refractivity contribution in [2.45, 2.75) is 59.5 Å². The van der Waals surface area contributed by atoms with Gasteiger partial charge in [0.05, 0.1) is 6.10 Å². The van der Waals surface area contributed by atoms with Crippen LogP contribution in [0.1, 0.15) is 53.4 Å². The number of hydrogen-bond acceptors (Lipinski definition) is 1. The van der Waals surface area contributed by atoms with Crippen molar-refractivity contribution in [3.63, 3.8) is 0 Å². The van der Waals surface area contributed by atoms with Crippen LogP contribution >= 0.6 is 0 Å². The van der Waals surface area contributed by atoms with Crippen molar-refractivity contribution in [3.8, 4) is 0 Å². The molecule has 0 aliphatic rings. The summed E-state index contributed by atoms with van der Waals surface area (Å²) >= 11 is 0. The Hall–Kier alpha value is -0.300. The highest BCUT2D eigenvalue weighted by atomic mass is 16.3. The zero-order valence-corrected chi connectivity index (χ0v) is 9.51. The first-order chi connectivity index (χ1) is 6.15. The van der Waals surface area contributed by atoms with Crippen molar-refractivity contribution in [2.75, 3.05) is 0 Å². The molecule has 1 N–H and O–H groups in total. The highest BCUT2D eigenvalue weighted by Gasteiger charge is 2.12. The van der Waals surface area contributed by atoms with Gasteiger partial charge in [-0.05, 0) is 31.3 Å². The van der Waals surface area contributed by atoms with E-state index >= 15 is 0 Å². The Morgan fingerprint density at radius 3 is 2.15 bits per heavy atom. The Morgan fingerprint density at radius 1 is 1.23 bits per heavy atom. The summed E-state index contributed by atoms with van der Waals surface area (Å²) in [5.41, 5.74) is 1.13. The molecule has 1 nitrogen and oxygen atoms in total. The fraction of sp³-hybridized carbons (Fsp3) is 0.833. The van der Waals surface area contributed by atoms with Crippen LogP contribution < -0.4 is 0 Å². The van der Waals surface area contributed by atoms with Gasteiger partial charge in [0.1, 0.15) is 0 Å². The van der Waals surface area contributed by atoms with Gasteiger partial charge in [-0.15, -0.1) is 0 Å². The van der Waals surface area contributed by atoms with Crippen LogP contribution in [-0.2, 0) is 0 Å². The van der Waals surface area contributed by atoms with Crippen molar-refractivity contribution in [3.05, 3.63) is 11.6 Å². The monoisotopic (exact) mass is 184 g/mol. The molecule has 0 saturated heterocycles. The Morgan fingerprint density at radius 2 is 1.77 bits per heavy atom. The molecular formula is C12H24O. The van der Waals surface area contributed by atoms with Crippen molar-refractivity contribution in [2.24, 2.45) is 5.92 Å². The van der Waals surface area contributed by atoms with E-state index in [1.54, 1.807) is 0 Å². The summed E-state index contributed by atoms with van der Waals surface area (Å²) in [5, 5.41) is 9.81. The first-order valence-corrected chi connectivity index (χ1v) is 5.50. The topological polar surface area (TPSA) is 20.2 Å². The van der Waals surface area contributed by atoms with Crippen LogP contribution in [0.2, 0.25) is 0 Å². The molecule has 0 rings (SSSR count). The van der Waals surface area contributed by atoms with Gasteiger partial charge in [-0.1, -0.05) is 39.7 Å². The number of rotatable bonds is 6. The number of aliphatic hydroxyl groups is 1. The van der Waals surface area contributed by atoms with Crippen molar-refractivity contribution < 1.29 is 5.11 Å². The minimum Gasteiger partial charge on any atom is -0.389 e. The second-order valence-corrected chi connectivity index (χ2v) is 3.79. The van der Waals surface area contributed by atoms with Gasteiger partial charge in [0.25, 0.3) is 0 Å². The van der Waals surface area contributed by atoms with Gasteiger partial charge in [-0.2, -0.15) is 0 Å². The standard InChI is InChI=1S/C12H24O/c1-5-8-10(4)12(13)9-11(6-2)7-3/h8,11-13H,5-7,9H2,1-4H3/b10-8+. The molecular weight excluding hydrogens is 160 g/mol. The molecule has 0 heterocycles. The third kappa shape index (κ3) is 5.09. The summed E-state index contributed by atoms with van der Waals surface area (Å²) in [6, 6.07) is 0. The Kier molecular flexibility index (Phi) is 6.97. The van der Waals surface area contributed by atoms with E-state index in [2.05, 4.69) is 26.8 Å². The second-order valence-electron chi connectivity index (χ2n) is 3.79. The highest BCUT2D eigenvalue weighted by molar-refractivity contribution is 5.04. The molecule has 1 unspecified atom stereocenters. The summed E-state index contributed by atoms with van der Waals surface area (Å²) in [5.74, 6) is 0.676. The molecule has 0 aliphatic heterocycles. The molecule has 0 aromatic heterocycles. The average Bonchev–Trinajstić information content (AvgIpc) is 2.14. The van der Waals surface area contributed by atoms with E-state index < -0.39 is 0 Å². The maximum Gasteiger partial charge on any atom is 0.0750 e. The molecule has 0 amide bonds. The molecule has 0 spiro atoms. The predicted molar refractivity (Wildman–Crippen MR) is 58.7 cm³/mol. The average molecular weight is 184 g/mol. The van der Waals surface area contributed by atoms with Gasteiger partial charge >= 0.3 is 0 Å². The molecule has 0 radical (unpaired) electrons. The van der Waals surface area contributed by atoms with Crippen LogP contribution in [0.25, 0.3) is 0 Å². The Labute approximate surface area is 82.9 Å². The van der Waals surface area contributed by atoms with E-state index in [1.807, 2.05) is 6.92 Å². The summed E-state index contributed by atoms with van der Waals surface area (Å²) in [7, 11) is 0. The van der Waals surface area contributed by atoms with Gasteiger partial charge in [0.2, 0.25) is 0 Å². The largest absolute Gasteiger partial charge is 0.389 e. The predicted octanol–water partition coefficient (Wildman–Crippen LogP) is 3.53. The lowest BCUT2D eigenvalue weighted by Crippen LogP contribution is -2.14. The number of hydrogen-bond donors (Lipinski definition) is 1. The zero-order chi connectivity index (χ0) is 10.3. The second kappa shape index (κ2) is 7.14. The fourth-order valence-corrected chi connectivity index (χ4v) is 1.58. The first kappa shape index (κ1) is 12.7. The first-order valence-electron chi connectivity index (χ1n) is 5.50. The molecule has 0 bridgehead atoms. The van der Waals surface area contributed by atoms with Crippen molar-refractivity contribution >= 4 is 0 Å². The third-order valence-corrected chi connectivity index (χ3v) is 2.76. The minimum atomic E-state index is -0.218. The van der Waals surface area contributed by atoms with Crippen molar-refractivity contribution in [1.29, 1.82) is 0 Å². The van der Waals surface area contributed by atoms with E-state index in [0.29, 0.717) is 5.92 Å². The Balaban J connectivity index is 3.97. The molecule has 0 aromatic carbocycles. The molecule has 0 aliphatic carbocycles. The van der Waals surface area contributed by atoms with E-state index in [-0.39, 0.29) is 6.10 Å². The van der Waals surface area contributed by atoms with Crippen LogP contribution in [0.15, 0.2) is 11.6 Å². The zero-order valence-electron chi connectivity index (χ0n) is 9.51. The smallest absolute Gasteiger partial charge is 0.0750 e. The molecule has 13 heavy (non-hydrogen) atoms. The molecule has 0 saturated carbocycles. The summed E-state index contributed by atoms with van der Waals surface area (Å²) in [6.45, 7) is 8.52.